The van der Waals surface area contributed by atoms with Crippen LogP contribution in [-0.4, -0.2) is 84.3 Å². The summed E-state index contributed by atoms with van der Waals surface area (Å²) >= 11 is 0. The van der Waals surface area contributed by atoms with Crippen LogP contribution in [0.2, 0.25) is 0 Å². The Morgan fingerprint density at radius 2 is 1.71 bits per heavy atom. The third-order valence-corrected chi connectivity index (χ3v) is 7.86. The van der Waals surface area contributed by atoms with Crippen LogP contribution in [0.3, 0.4) is 0 Å². The number of amides is 4. The minimum atomic E-state index is -1.01. The van der Waals surface area contributed by atoms with Gasteiger partial charge in [-0.15, -0.1) is 0 Å². The topological polar surface area (TPSA) is 120 Å². The van der Waals surface area contributed by atoms with E-state index in [4.69, 9.17) is 4.74 Å². The van der Waals surface area contributed by atoms with Crippen molar-refractivity contribution in [3.05, 3.63) is 71.9 Å². The molecule has 3 heterocycles. The Balaban J connectivity index is 1.66. The smallest absolute Gasteiger partial charge is 0.247 e. The maximum Gasteiger partial charge on any atom is 0.247 e. The lowest BCUT2D eigenvalue weighted by molar-refractivity contribution is -0.144. The molecule has 4 amide bonds. The van der Waals surface area contributed by atoms with E-state index in [-0.39, 0.29) is 36.6 Å². The zero-order chi connectivity index (χ0) is 30.4. The molecule has 3 aliphatic rings. The summed E-state index contributed by atoms with van der Waals surface area (Å²) < 4.78 is 6.28. The number of hydrogen-bond donors (Lipinski definition) is 3. The number of carbonyl (C=O) groups is 4. The minimum absolute atomic E-state index is 0.228. The molecule has 10 nitrogen and oxygen atoms in total. The molecule has 0 saturated carbocycles. The first kappa shape index (κ1) is 30.8. The number of fused-ring (bicyclic) bond motifs is 7. The van der Waals surface area contributed by atoms with Gasteiger partial charge in [-0.3, -0.25) is 24.1 Å². The van der Waals surface area contributed by atoms with Crippen LogP contribution in [0.4, 0.5) is 0 Å². The molecule has 42 heavy (non-hydrogen) atoms. The Morgan fingerprint density at radius 1 is 1.02 bits per heavy atom. The Labute approximate surface area is 247 Å². The normalized spacial score (nSPS) is 22.1. The van der Waals surface area contributed by atoms with E-state index >= 15 is 0 Å². The van der Waals surface area contributed by atoms with E-state index in [1.54, 1.807) is 50.3 Å². The molecule has 2 bridgehead atoms. The number of nitrogens with zero attached hydrogens (tertiary/aromatic N) is 2. The van der Waals surface area contributed by atoms with Gasteiger partial charge in [0.25, 0.3) is 0 Å². The van der Waals surface area contributed by atoms with Crippen LogP contribution >= 0.6 is 0 Å². The lowest BCUT2D eigenvalue weighted by Gasteiger charge is -2.33. The maximum absolute atomic E-state index is 14.0. The van der Waals surface area contributed by atoms with Gasteiger partial charge >= 0.3 is 0 Å². The van der Waals surface area contributed by atoms with Crippen molar-refractivity contribution >= 4 is 29.7 Å². The number of ether oxygens (including phenoxy) is 1. The Hall–Kier alpha value is -4.18. The second kappa shape index (κ2) is 13.7. The van der Waals surface area contributed by atoms with E-state index in [2.05, 4.69) is 16.0 Å². The van der Waals surface area contributed by atoms with Crippen molar-refractivity contribution in [3.8, 4) is 5.75 Å². The van der Waals surface area contributed by atoms with Gasteiger partial charge in [0, 0.05) is 25.6 Å². The van der Waals surface area contributed by atoms with E-state index in [0.717, 1.165) is 11.1 Å². The minimum Gasteiger partial charge on any atom is -0.488 e. The highest BCUT2D eigenvalue weighted by Gasteiger charge is 2.46. The number of carbonyl (C=O) groups excluding carboxylic acids is 4. The molecule has 3 N–H and O–H groups in total. The monoisotopic (exact) mass is 575 g/mol. The number of likely N-dealkylation sites (tertiary alicyclic amines) is 1. The van der Waals surface area contributed by atoms with Gasteiger partial charge in [-0.1, -0.05) is 56.3 Å². The van der Waals surface area contributed by atoms with E-state index in [9.17, 15) is 19.2 Å². The third-order valence-electron chi connectivity index (χ3n) is 7.86. The maximum atomic E-state index is 14.0. The molecule has 0 radical (unpaired) electrons. The molecule has 1 saturated heterocycles. The molecule has 1 fully saturated rings. The first-order valence-electron chi connectivity index (χ1n) is 14.4. The van der Waals surface area contributed by atoms with Gasteiger partial charge in [-0.2, -0.15) is 0 Å². The van der Waals surface area contributed by atoms with Gasteiger partial charge in [-0.25, -0.2) is 0 Å². The number of rotatable bonds is 7. The van der Waals surface area contributed by atoms with Crippen molar-refractivity contribution < 1.29 is 23.9 Å². The summed E-state index contributed by atoms with van der Waals surface area (Å²) in [6.07, 6.45) is 3.34. The molecule has 0 aromatic heterocycles. The van der Waals surface area contributed by atoms with Crippen LogP contribution in [-0.2, 0) is 25.6 Å². The summed E-state index contributed by atoms with van der Waals surface area (Å²) in [5.41, 5.74) is 1.74. The molecule has 0 unspecified atom stereocenters. The number of benzene rings is 2. The fourth-order valence-electron chi connectivity index (χ4n) is 5.11. The summed E-state index contributed by atoms with van der Waals surface area (Å²) in [4.78, 5) is 57.5. The van der Waals surface area contributed by atoms with Crippen molar-refractivity contribution in [2.24, 2.45) is 5.92 Å². The molecule has 2 aromatic rings. The molecule has 5 rings (SSSR count). The van der Waals surface area contributed by atoms with Crippen LogP contribution < -0.4 is 20.7 Å². The Kier molecular flexibility index (Phi) is 10.0. The van der Waals surface area contributed by atoms with E-state index < -0.39 is 36.2 Å². The van der Waals surface area contributed by atoms with Crippen molar-refractivity contribution in [2.75, 3.05) is 20.6 Å². The molecule has 224 valence electrons. The van der Waals surface area contributed by atoms with Crippen LogP contribution in [0.15, 0.2) is 60.8 Å². The Bertz CT molecular complexity index is 1290. The molecular formula is C32H41N5O5. The van der Waals surface area contributed by atoms with E-state index in [1.807, 2.05) is 56.3 Å². The van der Waals surface area contributed by atoms with Crippen LogP contribution in [0.5, 0.6) is 5.75 Å². The predicted octanol–water partition coefficient (Wildman–Crippen LogP) is 1.95. The van der Waals surface area contributed by atoms with Gasteiger partial charge in [-0.05, 0) is 56.3 Å². The van der Waals surface area contributed by atoms with Gasteiger partial charge in [0.2, 0.25) is 23.6 Å². The predicted molar refractivity (Wildman–Crippen MR) is 160 cm³/mol. The highest BCUT2D eigenvalue weighted by Crippen LogP contribution is 2.27. The molecule has 2 aromatic carbocycles. The van der Waals surface area contributed by atoms with Gasteiger partial charge < -0.3 is 25.6 Å². The van der Waals surface area contributed by atoms with Crippen molar-refractivity contribution in [1.29, 1.82) is 0 Å². The largest absolute Gasteiger partial charge is 0.488 e. The molecular weight excluding hydrogens is 534 g/mol. The number of likely N-dealkylation sites (N-methyl/N-ethyl adjacent to an activating group) is 1. The first-order chi connectivity index (χ1) is 20.0. The molecule has 10 heteroatoms. The van der Waals surface area contributed by atoms with Crippen LogP contribution in [0, 0.1) is 5.92 Å². The molecule has 0 aliphatic carbocycles. The third kappa shape index (κ3) is 7.36. The molecule has 5 atom stereocenters. The number of nitrogens with one attached hydrogen (secondary N) is 3. The quantitative estimate of drug-likeness (QED) is 0.464. The lowest BCUT2D eigenvalue weighted by Crippen LogP contribution is -2.60. The summed E-state index contributed by atoms with van der Waals surface area (Å²) in [5, 5.41) is 8.59. The van der Waals surface area contributed by atoms with Gasteiger partial charge in [0.1, 0.15) is 30.0 Å². The summed E-state index contributed by atoms with van der Waals surface area (Å²) in [6, 6.07) is 13.5. The summed E-state index contributed by atoms with van der Waals surface area (Å²) in [6.45, 7) is 5.74. The fraction of sp³-hybridized carbons (Fsp3) is 0.438. The van der Waals surface area contributed by atoms with Crippen molar-refractivity contribution in [2.45, 2.75) is 63.9 Å². The van der Waals surface area contributed by atoms with E-state index in [0.29, 0.717) is 12.2 Å². The lowest BCUT2D eigenvalue weighted by atomic mass is 10.0. The van der Waals surface area contributed by atoms with Crippen molar-refractivity contribution in [1.82, 2.24) is 25.8 Å². The zero-order valence-electron chi connectivity index (χ0n) is 24.9. The van der Waals surface area contributed by atoms with Crippen LogP contribution in [0.25, 0.3) is 6.08 Å². The number of hydrogen-bond acceptors (Lipinski definition) is 6. The van der Waals surface area contributed by atoms with Gasteiger partial charge in [0.05, 0.1) is 6.04 Å². The second-order valence-electron chi connectivity index (χ2n) is 11.5. The average Bonchev–Trinajstić information content (AvgIpc) is 3.39. The van der Waals surface area contributed by atoms with Crippen molar-refractivity contribution in [3.63, 3.8) is 0 Å². The standard InChI is InChI=1S/C32H41N5O5/c1-20(2)27(35-29(38)21(3)36(4)5)32(41)37-18-16-26-28(37)31(40)34-25(19-23-9-7-6-8-10-23)30(39)33-17-15-22-11-13-24(42-26)14-12-22/h6-15,17,20-21,25-28H,16,18-19H2,1-5H3,(H,33,39)(H,34,40)(H,35,38)/t21-,25+,26-,27+,28-/m0/s1. The highest BCUT2D eigenvalue weighted by atomic mass is 16.5. The Morgan fingerprint density at radius 3 is 2.36 bits per heavy atom. The van der Waals surface area contributed by atoms with E-state index in [1.165, 1.54) is 4.90 Å². The van der Waals surface area contributed by atoms with Gasteiger partial charge in [0.15, 0.2) is 0 Å². The highest BCUT2D eigenvalue weighted by molar-refractivity contribution is 5.96. The SMILES string of the molecule is CC(C)[C@@H](NC(=O)[C@H](C)N(C)C)C(=O)N1CC[C@@H]2Oc3ccc(cc3)C=CNC(=O)[C@@H](Cc3ccccc3)NC(=O)[C@H]21. The molecule has 0 spiro atoms. The summed E-state index contributed by atoms with van der Waals surface area (Å²) in [5.74, 6) is -1.17. The molecule has 3 aliphatic heterocycles. The fourth-order valence-corrected chi connectivity index (χ4v) is 5.11. The summed E-state index contributed by atoms with van der Waals surface area (Å²) in [7, 11) is 3.59. The first-order valence-corrected chi connectivity index (χ1v) is 14.4. The van der Waals surface area contributed by atoms with Crippen LogP contribution in [0.1, 0.15) is 38.3 Å². The zero-order valence-corrected chi connectivity index (χ0v) is 24.9. The second-order valence-corrected chi connectivity index (χ2v) is 11.5. The average molecular weight is 576 g/mol.